The van der Waals surface area contributed by atoms with Crippen molar-refractivity contribution in [3.63, 3.8) is 0 Å². The summed E-state index contributed by atoms with van der Waals surface area (Å²) < 4.78 is 27.2. The van der Waals surface area contributed by atoms with Gasteiger partial charge in [-0.25, -0.2) is 8.42 Å². The van der Waals surface area contributed by atoms with Crippen LogP contribution in [0.2, 0.25) is 5.02 Å². The minimum absolute atomic E-state index is 0.000203. The number of aryl methyl sites for hydroxylation is 1. The molecule has 1 heterocycles. The van der Waals surface area contributed by atoms with Gasteiger partial charge in [-0.05, 0) is 25.1 Å². The van der Waals surface area contributed by atoms with E-state index in [0.717, 1.165) is 11.3 Å². The van der Waals surface area contributed by atoms with Crippen molar-refractivity contribution >= 4 is 54.0 Å². The van der Waals surface area contributed by atoms with Crippen LogP contribution in [0.5, 0.6) is 0 Å². The summed E-state index contributed by atoms with van der Waals surface area (Å²) in [5, 5.41) is 8.46. The van der Waals surface area contributed by atoms with Gasteiger partial charge < -0.3 is 0 Å². The topological polar surface area (TPSA) is 72.0 Å². The van der Waals surface area contributed by atoms with Crippen LogP contribution < -0.4 is 4.72 Å². The highest BCUT2D eigenvalue weighted by Crippen LogP contribution is 2.27. The summed E-state index contributed by atoms with van der Waals surface area (Å²) in [7, 11) is -3.74. The summed E-state index contributed by atoms with van der Waals surface area (Å²) in [4.78, 5) is 0.000203. The number of benzene rings is 1. The van der Waals surface area contributed by atoms with Gasteiger partial charge in [0.1, 0.15) is 9.90 Å². The van der Waals surface area contributed by atoms with Crippen molar-refractivity contribution in [3.05, 3.63) is 32.7 Å². The van der Waals surface area contributed by atoms with E-state index in [1.54, 1.807) is 13.0 Å². The Hall–Kier alpha value is -0.700. The van der Waals surface area contributed by atoms with Crippen LogP contribution in [0.1, 0.15) is 5.01 Å². The molecule has 0 aliphatic heterocycles. The molecule has 1 aromatic carbocycles. The summed E-state index contributed by atoms with van der Waals surface area (Å²) >= 11 is 10.3. The first-order valence-electron chi connectivity index (χ1n) is 4.66. The molecule has 0 amide bonds. The largest absolute Gasteiger partial charge is 0.265 e. The highest BCUT2D eigenvalue weighted by atomic mass is 79.9. The minimum atomic E-state index is -3.74. The van der Waals surface area contributed by atoms with E-state index in [0.29, 0.717) is 9.48 Å². The smallest absolute Gasteiger partial charge is 0.253 e. The number of nitrogens with zero attached hydrogens (tertiary/aromatic N) is 2. The second-order valence-corrected chi connectivity index (χ2v) is 7.46. The average Bonchev–Trinajstić information content (AvgIpc) is 2.62. The maximum Gasteiger partial charge on any atom is 0.265 e. The molecule has 0 saturated heterocycles. The first-order valence-corrected chi connectivity index (χ1v) is 8.13. The Morgan fingerprint density at radius 2 is 2.11 bits per heavy atom. The molecule has 0 atom stereocenters. The lowest BCUT2D eigenvalue weighted by molar-refractivity contribution is 0.601. The average molecular weight is 369 g/mol. The molecule has 9 heteroatoms. The van der Waals surface area contributed by atoms with E-state index in [4.69, 9.17) is 11.6 Å². The summed E-state index contributed by atoms with van der Waals surface area (Å²) in [6.45, 7) is 1.74. The van der Waals surface area contributed by atoms with Gasteiger partial charge in [-0.1, -0.05) is 38.9 Å². The zero-order chi connectivity index (χ0) is 13.3. The van der Waals surface area contributed by atoms with Gasteiger partial charge in [0.25, 0.3) is 10.0 Å². The summed E-state index contributed by atoms with van der Waals surface area (Å²) in [5.41, 5.74) is 0. The molecule has 96 valence electrons. The second kappa shape index (κ2) is 5.12. The van der Waals surface area contributed by atoms with Gasteiger partial charge in [-0.15, -0.1) is 10.2 Å². The molecule has 1 N–H and O–H groups in total. The van der Waals surface area contributed by atoms with Crippen molar-refractivity contribution in [2.24, 2.45) is 0 Å². The second-order valence-electron chi connectivity index (χ2n) is 3.31. The van der Waals surface area contributed by atoms with Crippen molar-refractivity contribution in [1.29, 1.82) is 0 Å². The first-order chi connectivity index (χ1) is 8.38. The third kappa shape index (κ3) is 3.00. The third-order valence-corrected chi connectivity index (χ3v) is 5.13. The zero-order valence-electron chi connectivity index (χ0n) is 9.02. The fraction of sp³-hybridized carbons (Fsp3) is 0.111. The molecule has 0 spiro atoms. The van der Waals surface area contributed by atoms with Crippen LogP contribution in [0.4, 0.5) is 5.13 Å². The van der Waals surface area contributed by atoms with Crippen LogP contribution in [-0.4, -0.2) is 18.6 Å². The van der Waals surface area contributed by atoms with Crippen molar-refractivity contribution < 1.29 is 8.42 Å². The number of nitrogens with one attached hydrogen (secondary N) is 1. The highest BCUT2D eigenvalue weighted by molar-refractivity contribution is 9.10. The van der Waals surface area contributed by atoms with Crippen LogP contribution in [0.25, 0.3) is 0 Å². The molecule has 5 nitrogen and oxygen atoms in total. The van der Waals surface area contributed by atoms with E-state index in [9.17, 15) is 8.42 Å². The van der Waals surface area contributed by atoms with E-state index in [2.05, 4.69) is 30.8 Å². The molecule has 0 aliphatic carbocycles. The standard InChI is InChI=1S/C9H7BrClN3O2S2/c1-5-12-13-9(17-5)14-18(15,16)8-3-2-6(10)4-7(8)11/h2-4H,1H3,(H,13,14). The zero-order valence-corrected chi connectivity index (χ0v) is 13.0. The predicted octanol–water partition coefficient (Wildman–Crippen LogP) is 3.06. The van der Waals surface area contributed by atoms with E-state index < -0.39 is 10.0 Å². The molecule has 2 rings (SSSR count). The molecule has 1 aromatic heterocycles. The molecule has 0 aliphatic rings. The van der Waals surface area contributed by atoms with Gasteiger partial charge in [-0.3, -0.25) is 4.72 Å². The van der Waals surface area contributed by atoms with Gasteiger partial charge in [0.2, 0.25) is 5.13 Å². The Morgan fingerprint density at radius 3 is 2.67 bits per heavy atom. The molecule has 0 radical (unpaired) electrons. The molecule has 0 saturated carbocycles. The Morgan fingerprint density at radius 1 is 1.39 bits per heavy atom. The van der Waals surface area contributed by atoms with E-state index in [-0.39, 0.29) is 15.0 Å². The maximum absolute atomic E-state index is 12.1. The third-order valence-electron chi connectivity index (χ3n) is 1.93. The number of hydrogen-bond acceptors (Lipinski definition) is 5. The van der Waals surface area contributed by atoms with Crippen LogP contribution in [0, 0.1) is 6.92 Å². The van der Waals surface area contributed by atoms with E-state index >= 15 is 0 Å². The lowest BCUT2D eigenvalue weighted by Crippen LogP contribution is -2.13. The molecular weight excluding hydrogens is 362 g/mol. The number of halogens is 2. The first kappa shape index (κ1) is 13.7. The Balaban J connectivity index is 2.36. The van der Waals surface area contributed by atoms with Crippen LogP contribution in [-0.2, 0) is 10.0 Å². The normalized spacial score (nSPS) is 11.5. The predicted molar refractivity (Wildman–Crippen MR) is 74.6 cm³/mol. The van der Waals surface area contributed by atoms with Gasteiger partial charge in [0.15, 0.2) is 0 Å². The summed E-state index contributed by atoms with van der Waals surface area (Å²) in [6.07, 6.45) is 0. The number of hydrogen-bond donors (Lipinski definition) is 1. The highest BCUT2D eigenvalue weighted by Gasteiger charge is 2.19. The molecule has 0 fully saturated rings. The van der Waals surface area contributed by atoms with Crippen molar-refractivity contribution in [2.75, 3.05) is 4.72 Å². The summed E-state index contributed by atoms with van der Waals surface area (Å²) in [6, 6.07) is 4.54. The number of rotatable bonds is 3. The van der Waals surface area contributed by atoms with Crippen molar-refractivity contribution in [2.45, 2.75) is 11.8 Å². The van der Waals surface area contributed by atoms with Gasteiger partial charge in [0, 0.05) is 4.47 Å². The van der Waals surface area contributed by atoms with Crippen molar-refractivity contribution in [3.8, 4) is 0 Å². The van der Waals surface area contributed by atoms with Crippen LogP contribution in [0.3, 0.4) is 0 Å². The van der Waals surface area contributed by atoms with Crippen LogP contribution >= 0.6 is 38.9 Å². The monoisotopic (exact) mass is 367 g/mol. The lowest BCUT2D eigenvalue weighted by Gasteiger charge is -2.06. The van der Waals surface area contributed by atoms with Crippen molar-refractivity contribution in [1.82, 2.24) is 10.2 Å². The Bertz CT molecular complexity index is 687. The Labute approximate surface area is 121 Å². The molecule has 0 unspecified atom stereocenters. The van der Waals surface area contributed by atoms with E-state index in [1.165, 1.54) is 12.1 Å². The molecule has 2 aromatic rings. The Kier molecular flexibility index (Phi) is 3.90. The van der Waals surface area contributed by atoms with Gasteiger partial charge >= 0.3 is 0 Å². The quantitative estimate of drug-likeness (QED) is 0.903. The number of sulfonamides is 1. The number of aromatic nitrogens is 2. The van der Waals surface area contributed by atoms with Gasteiger partial charge in [-0.2, -0.15) is 0 Å². The number of anilines is 1. The fourth-order valence-electron chi connectivity index (χ4n) is 1.20. The SMILES string of the molecule is Cc1nnc(NS(=O)(=O)c2ccc(Br)cc2Cl)s1. The lowest BCUT2D eigenvalue weighted by atomic mass is 10.4. The van der Waals surface area contributed by atoms with E-state index in [1.807, 2.05) is 0 Å². The van der Waals surface area contributed by atoms with Crippen LogP contribution in [0.15, 0.2) is 27.6 Å². The minimum Gasteiger partial charge on any atom is -0.253 e. The van der Waals surface area contributed by atoms with Gasteiger partial charge in [0.05, 0.1) is 5.02 Å². The maximum atomic E-state index is 12.1. The fourth-order valence-corrected chi connectivity index (χ4v) is 4.06. The summed E-state index contributed by atoms with van der Waals surface area (Å²) in [5.74, 6) is 0. The molecular formula is C9H7BrClN3O2S2. The molecule has 18 heavy (non-hydrogen) atoms. The molecule has 0 bridgehead atoms.